The minimum Gasteiger partial charge on any atom is -0.423 e. The van der Waals surface area contributed by atoms with E-state index in [1.165, 1.54) is 18.2 Å². The van der Waals surface area contributed by atoms with Crippen molar-refractivity contribution in [3.63, 3.8) is 0 Å². The van der Waals surface area contributed by atoms with Gasteiger partial charge in [-0.15, -0.1) is 0 Å². The van der Waals surface area contributed by atoms with Crippen LogP contribution in [0.3, 0.4) is 0 Å². The molecule has 0 aliphatic carbocycles. The lowest BCUT2D eigenvalue weighted by molar-refractivity contribution is -0.384. The third-order valence-corrected chi connectivity index (χ3v) is 2.81. The number of nitrogens with zero attached hydrogens (tertiary/aromatic N) is 2. The first-order valence-electron chi connectivity index (χ1n) is 5.94. The van der Waals surface area contributed by atoms with Gasteiger partial charge in [0.1, 0.15) is 5.52 Å². The normalized spacial score (nSPS) is 12.8. The van der Waals surface area contributed by atoms with Gasteiger partial charge >= 0.3 is 0 Å². The first-order chi connectivity index (χ1) is 8.97. The fraction of sp³-hybridized carbons (Fsp3) is 0.417. The Morgan fingerprint density at radius 1 is 1.53 bits per heavy atom. The number of anilines is 1. The maximum Gasteiger partial charge on any atom is 0.295 e. The van der Waals surface area contributed by atoms with Crippen molar-refractivity contribution in [3.8, 4) is 0 Å². The lowest BCUT2D eigenvalue weighted by atomic mass is 10.1. The number of aliphatic hydroxyl groups excluding tert-OH is 1. The standard InChI is InChI=1S/C12H15N3O4/c1-7(2)10(16)6-13-12-14-9-4-3-8(15(17)18)5-11(9)19-12/h3-5,7,10,16H,6H2,1-2H3,(H,13,14). The monoisotopic (exact) mass is 265 g/mol. The highest BCUT2D eigenvalue weighted by atomic mass is 16.6. The zero-order valence-electron chi connectivity index (χ0n) is 10.7. The van der Waals surface area contributed by atoms with Gasteiger partial charge in [0.15, 0.2) is 5.58 Å². The van der Waals surface area contributed by atoms with Crippen LogP contribution in [0.15, 0.2) is 22.6 Å². The van der Waals surface area contributed by atoms with E-state index >= 15 is 0 Å². The number of oxazole rings is 1. The molecule has 1 unspecified atom stereocenters. The molecule has 1 aromatic heterocycles. The van der Waals surface area contributed by atoms with Gasteiger partial charge in [-0.1, -0.05) is 13.8 Å². The van der Waals surface area contributed by atoms with E-state index in [1.54, 1.807) is 0 Å². The van der Waals surface area contributed by atoms with Crippen LogP contribution in [0.2, 0.25) is 0 Å². The van der Waals surface area contributed by atoms with Gasteiger partial charge in [0, 0.05) is 12.6 Å². The number of hydrogen-bond donors (Lipinski definition) is 2. The lowest BCUT2D eigenvalue weighted by Gasteiger charge is -2.13. The number of aromatic nitrogens is 1. The first-order valence-corrected chi connectivity index (χ1v) is 5.94. The summed E-state index contributed by atoms with van der Waals surface area (Å²) in [6.07, 6.45) is -0.510. The Bertz CT molecular complexity index is 594. The van der Waals surface area contributed by atoms with E-state index in [0.29, 0.717) is 17.6 Å². The highest BCUT2D eigenvalue weighted by Gasteiger charge is 2.13. The Hall–Kier alpha value is -2.15. The largest absolute Gasteiger partial charge is 0.423 e. The second kappa shape index (κ2) is 5.23. The van der Waals surface area contributed by atoms with Crippen molar-refractivity contribution in [1.29, 1.82) is 0 Å². The molecule has 0 aliphatic rings. The van der Waals surface area contributed by atoms with Gasteiger partial charge in [-0.05, 0) is 12.0 Å². The van der Waals surface area contributed by atoms with Gasteiger partial charge < -0.3 is 14.8 Å². The number of fused-ring (bicyclic) bond motifs is 1. The third-order valence-electron chi connectivity index (χ3n) is 2.81. The summed E-state index contributed by atoms with van der Waals surface area (Å²) in [5, 5.41) is 23.2. The quantitative estimate of drug-likeness (QED) is 0.634. The van der Waals surface area contributed by atoms with Crippen molar-refractivity contribution in [2.45, 2.75) is 20.0 Å². The van der Waals surface area contributed by atoms with Crippen LogP contribution in [-0.4, -0.2) is 27.7 Å². The second-order valence-electron chi connectivity index (χ2n) is 4.62. The molecule has 0 saturated heterocycles. The van der Waals surface area contributed by atoms with E-state index in [1.807, 2.05) is 13.8 Å². The lowest BCUT2D eigenvalue weighted by Crippen LogP contribution is -2.24. The Kier molecular flexibility index (Phi) is 3.66. The minimum atomic E-state index is -0.510. The number of nitrogens with one attached hydrogen (secondary N) is 1. The molecule has 102 valence electrons. The molecule has 19 heavy (non-hydrogen) atoms. The molecular weight excluding hydrogens is 250 g/mol. The summed E-state index contributed by atoms with van der Waals surface area (Å²) in [5.41, 5.74) is 0.834. The highest BCUT2D eigenvalue weighted by molar-refractivity contribution is 5.77. The second-order valence-corrected chi connectivity index (χ2v) is 4.62. The van der Waals surface area contributed by atoms with Crippen LogP contribution >= 0.6 is 0 Å². The summed E-state index contributed by atoms with van der Waals surface area (Å²) in [6.45, 7) is 4.12. The highest BCUT2D eigenvalue weighted by Crippen LogP contribution is 2.23. The maximum atomic E-state index is 10.6. The van der Waals surface area contributed by atoms with E-state index in [2.05, 4.69) is 10.3 Å². The molecule has 0 saturated carbocycles. The van der Waals surface area contributed by atoms with E-state index in [9.17, 15) is 15.2 Å². The Balaban J connectivity index is 2.15. The zero-order valence-corrected chi connectivity index (χ0v) is 10.7. The average Bonchev–Trinajstić information content (AvgIpc) is 2.77. The first kappa shape index (κ1) is 13.3. The minimum absolute atomic E-state index is 0.0441. The summed E-state index contributed by atoms with van der Waals surface area (Å²) in [7, 11) is 0. The number of nitro benzene ring substituents is 1. The summed E-state index contributed by atoms with van der Waals surface area (Å²) in [5.74, 6) is 0.123. The molecule has 7 nitrogen and oxygen atoms in total. The van der Waals surface area contributed by atoms with Crippen molar-refractivity contribution in [3.05, 3.63) is 28.3 Å². The van der Waals surface area contributed by atoms with Gasteiger partial charge in [0.05, 0.1) is 17.1 Å². The smallest absolute Gasteiger partial charge is 0.295 e. The van der Waals surface area contributed by atoms with Crippen molar-refractivity contribution >= 4 is 22.8 Å². The molecule has 1 heterocycles. The molecule has 0 amide bonds. The van der Waals surface area contributed by atoms with Crippen molar-refractivity contribution < 1.29 is 14.4 Å². The van der Waals surface area contributed by atoms with E-state index in [0.717, 1.165) is 0 Å². The van der Waals surface area contributed by atoms with Crippen LogP contribution in [0.5, 0.6) is 0 Å². The van der Waals surface area contributed by atoms with Gasteiger partial charge in [-0.25, -0.2) is 0 Å². The molecule has 0 aliphatic heterocycles. The third kappa shape index (κ3) is 3.00. The molecule has 0 radical (unpaired) electrons. The van der Waals surface area contributed by atoms with E-state index in [4.69, 9.17) is 4.42 Å². The van der Waals surface area contributed by atoms with Gasteiger partial charge in [-0.3, -0.25) is 10.1 Å². The number of rotatable bonds is 5. The Labute approximate surface area is 109 Å². The van der Waals surface area contributed by atoms with Crippen LogP contribution in [-0.2, 0) is 0 Å². The van der Waals surface area contributed by atoms with Gasteiger partial charge in [-0.2, -0.15) is 4.98 Å². The molecule has 2 aromatic rings. The Morgan fingerprint density at radius 3 is 2.89 bits per heavy atom. The fourth-order valence-corrected chi connectivity index (χ4v) is 1.53. The van der Waals surface area contributed by atoms with Crippen LogP contribution in [0, 0.1) is 16.0 Å². The molecule has 7 heteroatoms. The maximum absolute atomic E-state index is 10.6. The van der Waals surface area contributed by atoms with Gasteiger partial charge in [0.2, 0.25) is 0 Å². The molecule has 0 bridgehead atoms. The van der Waals surface area contributed by atoms with Crippen molar-refractivity contribution in [2.75, 3.05) is 11.9 Å². The number of benzene rings is 1. The molecule has 1 atom stereocenters. The number of hydrogen-bond acceptors (Lipinski definition) is 6. The molecule has 2 N–H and O–H groups in total. The molecule has 0 spiro atoms. The van der Waals surface area contributed by atoms with Crippen molar-refractivity contribution in [2.24, 2.45) is 5.92 Å². The van der Waals surface area contributed by atoms with Crippen LogP contribution in [0.4, 0.5) is 11.7 Å². The summed E-state index contributed by atoms with van der Waals surface area (Å²) in [6, 6.07) is 4.47. The molecule has 2 rings (SSSR count). The predicted molar refractivity (Wildman–Crippen MR) is 70.0 cm³/mol. The molecule has 1 aromatic carbocycles. The van der Waals surface area contributed by atoms with Gasteiger partial charge in [0.25, 0.3) is 11.7 Å². The Morgan fingerprint density at radius 2 is 2.26 bits per heavy atom. The summed E-state index contributed by atoms with van der Waals surface area (Å²) in [4.78, 5) is 14.3. The van der Waals surface area contributed by atoms with Crippen LogP contribution in [0.25, 0.3) is 11.1 Å². The SMILES string of the molecule is CC(C)C(O)CNc1nc2ccc([N+](=O)[O-])cc2o1. The van der Waals surface area contributed by atoms with Crippen LogP contribution < -0.4 is 5.32 Å². The average molecular weight is 265 g/mol. The van der Waals surface area contributed by atoms with Crippen LogP contribution in [0.1, 0.15) is 13.8 Å². The number of nitro groups is 1. The van der Waals surface area contributed by atoms with E-state index in [-0.39, 0.29) is 17.6 Å². The fourth-order valence-electron chi connectivity index (χ4n) is 1.53. The van der Waals surface area contributed by atoms with Crippen molar-refractivity contribution in [1.82, 2.24) is 4.98 Å². The zero-order chi connectivity index (χ0) is 14.0. The van der Waals surface area contributed by atoms with E-state index < -0.39 is 11.0 Å². The summed E-state index contributed by atoms with van der Waals surface area (Å²) >= 11 is 0. The number of aliphatic hydroxyl groups is 1. The molecular formula is C12H15N3O4. The molecule has 0 fully saturated rings. The topological polar surface area (TPSA) is 101 Å². The number of non-ortho nitro benzene ring substituents is 1. The summed E-state index contributed by atoms with van der Waals surface area (Å²) < 4.78 is 5.35. The predicted octanol–water partition coefficient (Wildman–Crippen LogP) is 2.16.